The summed E-state index contributed by atoms with van der Waals surface area (Å²) >= 11 is 5.74. The van der Waals surface area contributed by atoms with Crippen LogP contribution in [0.3, 0.4) is 0 Å². The van der Waals surface area contributed by atoms with Crippen molar-refractivity contribution in [1.82, 2.24) is 5.32 Å². The van der Waals surface area contributed by atoms with Gasteiger partial charge in [-0.2, -0.15) is 0 Å². The maximum atomic E-state index is 13.9. The SMILES string of the molecule is NC(Cc1cccc(Cl)c1F)C(=O)N[C@H]1c2ccccc2C[C@@H]1O. The molecular weight excluding hydrogens is 331 g/mol. The van der Waals surface area contributed by atoms with Crippen LogP contribution in [-0.2, 0) is 17.6 Å². The van der Waals surface area contributed by atoms with E-state index in [1.165, 1.54) is 6.07 Å². The summed E-state index contributed by atoms with van der Waals surface area (Å²) < 4.78 is 13.9. The molecule has 3 rings (SSSR count). The van der Waals surface area contributed by atoms with Crippen LogP contribution >= 0.6 is 11.6 Å². The molecule has 24 heavy (non-hydrogen) atoms. The fourth-order valence-corrected chi connectivity index (χ4v) is 3.24. The third-order valence-corrected chi connectivity index (χ3v) is 4.60. The van der Waals surface area contributed by atoms with E-state index < -0.39 is 29.9 Å². The molecule has 1 aliphatic rings. The summed E-state index contributed by atoms with van der Waals surface area (Å²) in [6.07, 6.45) is -0.177. The first-order valence-corrected chi connectivity index (χ1v) is 8.10. The molecule has 1 amide bonds. The molecule has 0 aliphatic heterocycles. The molecule has 2 aromatic carbocycles. The summed E-state index contributed by atoms with van der Waals surface area (Å²) in [7, 11) is 0. The lowest BCUT2D eigenvalue weighted by Crippen LogP contribution is -2.45. The van der Waals surface area contributed by atoms with Crippen molar-refractivity contribution in [2.75, 3.05) is 0 Å². The van der Waals surface area contributed by atoms with Crippen molar-refractivity contribution >= 4 is 17.5 Å². The number of hydrogen-bond acceptors (Lipinski definition) is 3. The maximum absolute atomic E-state index is 13.9. The second-order valence-electron chi connectivity index (χ2n) is 5.98. The van der Waals surface area contributed by atoms with Gasteiger partial charge in [0.05, 0.1) is 23.2 Å². The van der Waals surface area contributed by atoms with Crippen LogP contribution in [0.1, 0.15) is 22.7 Å². The molecule has 0 spiro atoms. The number of carbonyl (C=O) groups is 1. The molecule has 0 aromatic heterocycles. The van der Waals surface area contributed by atoms with Crippen molar-refractivity contribution in [3.05, 3.63) is 70.0 Å². The summed E-state index contributed by atoms with van der Waals surface area (Å²) in [5.41, 5.74) is 8.09. The van der Waals surface area contributed by atoms with Gasteiger partial charge in [0.25, 0.3) is 0 Å². The number of halogens is 2. The van der Waals surface area contributed by atoms with E-state index in [4.69, 9.17) is 17.3 Å². The Hall–Kier alpha value is -1.95. The number of fused-ring (bicyclic) bond motifs is 1. The van der Waals surface area contributed by atoms with E-state index in [-0.39, 0.29) is 17.0 Å². The molecule has 0 heterocycles. The zero-order valence-corrected chi connectivity index (χ0v) is 13.6. The van der Waals surface area contributed by atoms with Gasteiger partial charge in [0.1, 0.15) is 5.82 Å². The van der Waals surface area contributed by atoms with Crippen molar-refractivity contribution in [1.29, 1.82) is 0 Å². The lowest BCUT2D eigenvalue weighted by Gasteiger charge is -2.21. The molecule has 126 valence electrons. The van der Waals surface area contributed by atoms with Crippen LogP contribution < -0.4 is 11.1 Å². The average Bonchev–Trinajstić information content (AvgIpc) is 2.87. The van der Waals surface area contributed by atoms with Crippen LogP contribution in [0.5, 0.6) is 0 Å². The number of benzene rings is 2. The Balaban J connectivity index is 1.70. The van der Waals surface area contributed by atoms with Gasteiger partial charge >= 0.3 is 0 Å². The van der Waals surface area contributed by atoms with Crippen molar-refractivity contribution in [2.24, 2.45) is 5.73 Å². The van der Waals surface area contributed by atoms with Gasteiger partial charge in [-0.15, -0.1) is 0 Å². The van der Waals surface area contributed by atoms with E-state index in [0.29, 0.717) is 6.42 Å². The summed E-state index contributed by atoms with van der Waals surface area (Å²) in [6.45, 7) is 0. The molecule has 0 radical (unpaired) electrons. The minimum atomic E-state index is -0.932. The number of hydrogen-bond donors (Lipinski definition) is 3. The standard InChI is InChI=1S/C18H18ClFN2O2/c19-13-7-3-5-11(16(13)20)8-14(21)18(24)22-17-12-6-2-1-4-10(12)9-15(17)23/h1-7,14-15,17,23H,8-9,21H2,(H,22,24)/t14?,15-,17-/m0/s1. The number of nitrogens with one attached hydrogen (secondary N) is 1. The van der Waals surface area contributed by atoms with Gasteiger partial charge in [0.2, 0.25) is 5.91 Å². The number of rotatable bonds is 4. The second kappa shape index (κ2) is 6.89. The second-order valence-corrected chi connectivity index (χ2v) is 6.39. The molecule has 0 bridgehead atoms. The minimum Gasteiger partial charge on any atom is -0.390 e. The molecule has 4 N–H and O–H groups in total. The van der Waals surface area contributed by atoms with E-state index in [1.807, 2.05) is 24.3 Å². The van der Waals surface area contributed by atoms with Crippen LogP contribution in [0.2, 0.25) is 5.02 Å². The molecule has 1 aliphatic carbocycles. The number of nitrogens with two attached hydrogens (primary N) is 1. The average molecular weight is 349 g/mol. The molecular formula is C18H18ClFN2O2. The fourth-order valence-electron chi connectivity index (χ4n) is 3.04. The fraction of sp³-hybridized carbons (Fsp3) is 0.278. The number of aliphatic hydroxyl groups is 1. The number of amides is 1. The topological polar surface area (TPSA) is 75.4 Å². The van der Waals surface area contributed by atoms with Crippen molar-refractivity contribution in [3.63, 3.8) is 0 Å². The summed E-state index contributed by atoms with van der Waals surface area (Å²) in [5, 5.41) is 12.9. The molecule has 0 saturated heterocycles. The van der Waals surface area contributed by atoms with E-state index in [1.54, 1.807) is 12.1 Å². The third-order valence-electron chi connectivity index (χ3n) is 4.31. The summed E-state index contributed by atoms with van der Waals surface area (Å²) in [5.74, 6) is -0.996. The Morgan fingerprint density at radius 3 is 2.88 bits per heavy atom. The predicted molar refractivity (Wildman–Crippen MR) is 90.1 cm³/mol. The van der Waals surface area contributed by atoms with Crippen LogP contribution in [0.25, 0.3) is 0 Å². The van der Waals surface area contributed by atoms with Gasteiger partial charge in [0.15, 0.2) is 0 Å². The molecule has 3 atom stereocenters. The lowest BCUT2D eigenvalue weighted by molar-refractivity contribution is -0.123. The highest BCUT2D eigenvalue weighted by Crippen LogP contribution is 2.31. The minimum absolute atomic E-state index is 0.000232. The number of aliphatic hydroxyl groups excluding tert-OH is 1. The molecule has 0 saturated carbocycles. The Kier molecular flexibility index (Phi) is 4.85. The van der Waals surface area contributed by atoms with Crippen molar-refractivity contribution in [2.45, 2.75) is 31.0 Å². The van der Waals surface area contributed by atoms with Gasteiger partial charge in [-0.25, -0.2) is 4.39 Å². The van der Waals surface area contributed by atoms with E-state index in [2.05, 4.69) is 5.32 Å². The normalized spacial score (nSPS) is 20.5. The highest BCUT2D eigenvalue weighted by atomic mass is 35.5. The van der Waals surface area contributed by atoms with Gasteiger partial charge in [-0.1, -0.05) is 48.0 Å². The highest BCUT2D eigenvalue weighted by molar-refractivity contribution is 6.30. The van der Waals surface area contributed by atoms with Crippen LogP contribution in [0.4, 0.5) is 4.39 Å². The van der Waals surface area contributed by atoms with Crippen LogP contribution in [0.15, 0.2) is 42.5 Å². The largest absolute Gasteiger partial charge is 0.390 e. The highest BCUT2D eigenvalue weighted by Gasteiger charge is 2.33. The summed E-state index contributed by atoms with van der Waals surface area (Å²) in [4.78, 5) is 12.4. The Morgan fingerprint density at radius 2 is 2.08 bits per heavy atom. The summed E-state index contributed by atoms with van der Waals surface area (Å²) in [6, 6.07) is 10.7. The zero-order valence-electron chi connectivity index (χ0n) is 12.9. The Labute approximate surface area is 144 Å². The molecule has 4 nitrogen and oxygen atoms in total. The third kappa shape index (κ3) is 3.29. The van der Waals surface area contributed by atoms with Crippen molar-refractivity contribution < 1.29 is 14.3 Å². The lowest BCUT2D eigenvalue weighted by atomic mass is 10.0. The van der Waals surface area contributed by atoms with Crippen LogP contribution in [0, 0.1) is 5.82 Å². The van der Waals surface area contributed by atoms with Gasteiger partial charge in [0, 0.05) is 6.42 Å². The van der Waals surface area contributed by atoms with E-state index in [0.717, 1.165) is 11.1 Å². The Morgan fingerprint density at radius 1 is 1.33 bits per heavy atom. The van der Waals surface area contributed by atoms with E-state index >= 15 is 0 Å². The zero-order chi connectivity index (χ0) is 17.3. The quantitative estimate of drug-likeness (QED) is 0.792. The van der Waals surface area contributed by atoms with Crippen LogP contribution in [-0.4, -0.2) is 23.2 Å². The Bertz CT molecular complexity index is 768. The van der Waals surface area contributed by atoms with E-state index in [9.17, 15) is 14.3 Å². The van der Waals surface area contributed by atoms with Gasteiger partial charge < -0.3 is 16.2 Å². The van der Waals surface area contributed by atoms with Gasteiger partial charge in [-0.3, -0.25) is 4.79 Å². The first-order valence-electron chi connectivity index (χ1n) is 7.72. The molecule has 0 fully saturated rings. The number of carbonyl (C=O) groups excluding carboxylic acids is 1. The monoisotopic (exact) mass is 348 g/mol. The molecule has 1 unspecified atom stereocenters. The van der Waals surface area contributed by atoms with Gasteiger partial charge in [-0.05, 0) is 29.2 Å². The predicted octanol–water partition coefficient (Wildman–Crippen LogP) is 2.12. The molecule has 2 aromatic rings. The first-order chi connectivity index (χ1) is 11.5. The maximum Gasteiger partial charge on any atom is 0.237 e. The smallest absolute Gasteiger partial charge is 0.237 e. The van der Waals surface area contributed by atoms with Crippen molar-refractivity contribution in [3.8, 4) is 0 Å². The first kappa shape index (κ1) is 16.9. The molecule has 6 heteroatoms.